The fourth-order valence-corrected chi connectivity index (χ4v) is 5.17. The van der Waals surface area contributed by atoms with E-state index in [0.29, 0.717) is 23.0 Å². The third kappa shape index (κ3) is 4.68. The molecule has 0 radical (unpaired) electrons. The van der Waals surface area contributed by atoms with Crippen LogP contribution in [0.4, 0.5) is 11.4 Å². The average molecular weight is 512 g/mol. The second-order valence-electron chi connectivity index (χ2n) is 8.85. The van der Waals surface area contributed by atoms with Gasteiger partial charge in [0.2, 0.25) is 5.91 Å². The van der Waals surface area contributed by atoms with Crippen molar-refractivity contribution in [1.82, 2.24) is 14.9 Å². The number of aryl methyl sites for hydroxylation is 1. The van der Waals surface area contributed by atoms with E-state index in [0.717, 1.165) is 28.5 Å². The maximum Gasteiger partial charge on any atom is 0.224 e. The van der Waals surface area contributed by atoms with E-state index in [1.165, 1.54) is 0 Å². The molecular formula is C29H29N5O2S. The van der Waals surface area contributed by atoms with Gasteiger partial charge in [-0.25, -0.2) is 0 Å². The van der Waals surface area contributed by atoms with Gasteiger partial charge in [0.15, 0.2) is 5.11 Å². The number of benzene rings is 2. The molecule has 4 aromatic rings. The average Bonchev–Trinajstić information content (AvgIpc) is 3.48. The van der Waals surface area contributed by atoms with Gasteiger partial charge in [0, 0.05) is 41.4 Å². The van der Waals surface area contributed by atoms with E-state index >= 15 is 0 Å². The molecule has 1 fully saturated rings. The highest BCUT2D eigenvalue weighted by Gasteiger charge is 2.42. The van der Waals surface area contributed by atoms with Crippen molar-refractivity contribution in [3.63, 3.8) is 0 Å². The molecule has 5 rings (SSSR count). The molecular weight excluding hydrogens is 482 g/mol. The van der Waals surface area contributed by atoms with Gasteiger partial charge in [-0.05, 0) is 67.7 Å². The Morgan fingerprint density at radius 1 is 1.05 bits per heavy atom. The lowest BCUT2D eigenvalue weighted by atomic mass is 10.0. The number of anilines is 2. The van der Waals surface area contributed by atoms with E-state index in [1.807, 2.05) is 61.5 Å². The summed E-state index contributed by atoms with van der Waals surface area (Å²) in [4.78, 5) is 18.8. The lowest BCUT2D eigenvalue weighted by Gasteiger charge is -2.30. The SMILES string of the molecule is CCC(=O)Nc1ccc(N2C(=S)NC(c3ccccn3)C2c2ccc(C)n2-c2ccccc2)cc1OC. The number of methoxy groups -OCH3 is 1. The Kier molecular flexibility index (Phi) is 6.92. The van der Waals surface area contributed by atoms with Crippen LogP contribution in [-0.2, 0) is 4.79 Å². The summed E-state index contributed by atoms with van der Waals surface area (Å²) in [6.45, 7) is 3.92. The molecule has 7 nitrogen and oxygen atoms in total. The van der Waals surface area contributed by atoms with Crippen molar-refractivity contribution in [3.8, 4) is 11.4 Å². The molecule has 0 bridgehead atoms. The van der Waals surface area contributed by atoms with Crippen molar-refractivity contribution < 1.29 is 9.53 Å². The Hall–Kier alpha value is -4.17. The van der Waals surface area contributed by atoms with Gasteiger partial charge in [0.1, 0.15) is 11.8 Å². The second kappa shape index (κ2) is 10.4. The van der Waals surface area contributed by atoms with Gasteiger partial charge < -0.3 is 24.8 Å². The van der Waals surface area contributed by atoms with E-state index in [2.05, 4.69) is 56.3 Å². The summed E-state index contributed by atoms with van der Waals surface area (Å²) in [6.07, 6.45) is 2.18. The molecule has 3 heterocycles. The van der Waals surface area contributed by atoms with Crippen molar-refractivity contribution in [2.24, 2.45) is 0 Å². The molecule has 1 saturated heterocycles. The first kappa shape index (κ1) is 24.5. The lowest BCUT2D eigenvalue weighted by Crippen LogP contribution is -2.30. The normalized spacial score (nSPS) is 16.9. The van der Waals surface area contributed by atoms with Gasteiger partial charge in [-0.2, -0.15) is 0 Å². The minimum Gasteiger partial charge on any atom is -0.494 e. The van der Waals surface area contributed by atoms with Crippen LogP contribution in [-0.4, -0.2) is 27.7 Å². The fourth-order valence-electron chi connectivity index (χ4n) is 4.82. The summed E-state index contributed by atoms with van der Waals surface area (Å²) in [5.41, 5.74) is 5.65. The number of hydrogen-bond donors (Lipinski definition) is 2. The molecule has 1 aliphatic rings. The zero-order valence-electron chi connectivity index (χ0n) is 21.0. The Balaban J connectivity index is 1.65. The molecule has 37 heavy (non-hydrogen) atoms. The van der Waals surface area contributed by atoms with Crippen LogP contribution >= 0.6 is 12.2 Å². The minimum absolute atomic E-state index is 0.0753. The van der Waals surface area contributed by atoms with Crippen LogP contribution < -0.4 is 20.3 Å². The quantitative estimate of drug-likeness (QED) is 0.310. The van der Waals surface area contributed by atoms with E-state index < -0.39 is 0 Å². The maximum absolute atomic E-state index is 12.0. The molecule has 0 spiro atoms. The highest BCUT2D eigenvalue weighted by Crippen LogP contribution is 2.44. The predicted octanol–water partition coefficient (Wildman–Crippen LogP) is 5.71. The van der Waals surface area contributed by atoms with Gasteiger partial charge in [-0.15, -0.1) is 0 Å². The zero-order chi connectivity index (χ0) is 25.9. The zero-order valence-corrected chi connectivity index (χ0v) is 21.8. The molecule has 2 aromatic heterocycles. The predicted molar refractivity (Wildman–Crippen MR) is 150 cm³/mol. The van der Waals surface area contributed by atoms with Crippen molar-refractivity contribution in [1.29, 1.82) is 0 Å². The molecule has 2 atom stereocenters. The van der Waals surface area contributed by atoms with Gasteiger partial charge in [0.05, 0.1) is 24.5 Å². The van der Waals surface area contributed by atoms with Crippen LogP contribution in [0.15, 0.2) is 85.1 Å². The number of carbonyl (C=O) groups is 1. The molecule has 1 aliphatic heterocycles. The number of amides is 1. The molecule has 2 unspecified atom stereocenters. The van der Waals surface area contributed by atoms with Crippen molar-refractivity contribution >= 4 is 34.6 Å². The first-order chi connectivity index (χ1) is 18.0. The van der Waals surface area contributed by atoms with Crippen molar-refractivity contribution in [2.75, 3.05) is 17.3 Å². The number of ether oxygens (including phenoxy) is 1. The third-order valence-electron chi connectivity index (χ3n) is 6.58. The third-order valence-corrected chi connectivity index (χ3v) is 6.89. The largest absolute Gasteiger partial charge is 0.494 e. The van der Waals surface area contributed by atoms with Gasteiger partial charge >= 0.3 is 0 Å². The van der Waals surface area contributed by atoms with Crippen LogP contribution in [0.2, 0.25) is 0 Å². The van der Waals surface area contributed by atoms with Crippen LogP contribution in [0.5, 0.6) is 5.75 Å². The lowest BCUT2D eigenvalue weighted by molar-refractivity contribution is -0.115. The Bertz CT molecular complexity index is 1420. The summed E-state index contributed by atoms with van der Waals surface area (Å²) in [5.74, 6) is 0.491. The maximum atomic E-state index is 12.0. The smallest absolute Gasteiger partial charge is 0.224 e. The van der Waals surface area contributed by atoms with Gasteiger partial charge in [-0.1, -0.05) is 31.2 Å². The standard InChI is InChI=1S/C29H29N5O2S/c1-4-26(35)31-22-15-14-21(18-25(22)36-3)34-28(27(32-29(34)37)23-12-8-9-17-30-23)24-16-13-19(2)33(24)20-10-6-5-7-11-20/h5-18,27-28H,4H2,1-3H3,(H,31,35)(H,32,37). The highest BCUT2D eigenvalue weighted by molar-refractivity contribution is 7.80. The number of nitrogens with one attached hydrogen (secondary N) is 2. The summed E-state index contributed by atoms with van der Waals surface area (Å²) in [5, 5.41) is 7.02. The number of aromatic nitrogens is 2. The van der Waals surface area contributed by atoms with Crippen LogP contribution in [0.25, 0.3) is 5.69 Å². The van der Waals surface area contributed by atoms with Crippen molar-refractivity contribution in [3.05, 3.63) is 102 Å². The summed E-state index contributed by atoms with van der Waals surface area (Å²) in [6, 6.07) is 25.8. The fraction of sp³-hybridized carbons (Fsp3) is 0.207. The number of hydrogen-bond acceptors (Lipinski definition) is 4. The molecule has 188 valence electrons. The number of para-hydroxylation sites is 1. The van der Waals surface area contributed by atoms with Crippen molar-refractivity contribution in [2.45, 2.75) is 32.4 Å². The van der Waals surface area contributed by atoms with Gasteiger partial charge in [-0.3, -0.25) is 9.78 Å². The van der Waals surface area contributed by atoms with Crippen LogP contribution in [0.1, 0.15) is 42.5 Å². The number of nitrogens with zero attached hydrogens (tertiary/aromatic N) is 3. The number of thiocarbonyl (C=S) groups is 1. The molecule has 2 N–H and O–H groups in total. The minimum atomic E-state index is -0.197. The number of rotatable bonds is 7. The van der Waals surface area contributed by atoms with Crippen LogP contribution in [0.3, 0.4) is 0 Å². The van der Waals surface area contributed by atoms with E-state index in [1.54, 1.807) is 13.3 Å². The first-order valence-electron chi connectivity index (χ1n) is 12.2. The summed E-state index contributed by atoms with van der Waals surface area (Å²) in [7, 11) is 1.60. The summed E-state index contributed by atoms with van der Waals surface area (Å²) >= 11 is 5.91. The topological polar surface area (TPSA) is 71.4 Å². The Morgan fingerprint density at radius 3 is 2.54 bits per heavy atom. The van der Waals surface area contributed by atoms with E-state index in [-0.39, 0.29) is 18.0 Å². The van der Waals surface area contributed by atoms with Crippen LogP contribution in [0, 0.1) is 6.92 Å². The van der Waals surface area contributed by atoms with E-state index in [9.17, 15) is 4.79 Å². The molecule has 8 heteroatoms. The molecule has 0 aliphatic carbocycles. The van der Waals surface area contributed by atoms with E-state index in [4.69, 9.17) is 17.0 Å². The first-order valence-corrected chi connectivity index (χ1v) is 12.6. The highest BCUT2D eigenvalue weighted by atomic mass is 32.1. The molecule has 2 aromatic carbocycles. The molecule has 1 amide bonds. The Labute approximate surface area is 222 Å². The number of pyridine rings is 1. The molecule has 0 saturated carbocycles. The Morgan fingerprint density at radius 2 is 1.84 bits per heavy atom. The monoisotopic (exact) mass is 511 g/mol. The summed E-state index contributed by atoms with van der Waals surface area (Å²) < 4.78 is 7.91. The second-order valence-corrected chi connectivity index (χ2v) is 9.24. The van der Waals surface area contributed by atoms with Gasteiger partial charge in [0.25, 0.3) is 0 Å². The number of carbonyl (C=O) groups excluding carboxylic acids is 1.